The molecular weight excluding hydrogens is 1150 g/mol. The van der Waals surface area contributed by atoms with Gasteiger partial charge in [0.25, 0.3) is 0 Å². The summed E-state index contributed by atoms with van der Waals surface area (Å²) in [6, 6.07) is 0. The van der Waals surface area contributed by atoms with Gasteiger partial charge in [-0.15, -0.1) is 0 Å². The Morgan fingerprint density at radius 1 is 0.593 bits per heavy atom. The van der Waals surface area contributed by atoms with Crippen LogP contribution in [0.15, 0.2) is 11.6 Å². The molecule has 0 radical (unpaired) electrons. The van der Waals surface area contributed by atoms with Gasteiger partial charge in [0.15, 0.2) is 37.2 Å². The molecule has 6 heterocycles. The highest BCUT2D eigenvalue weighted by molar-refractivity contribution is 5.27. The van der Waals surface area contributed by atoms with E-state index in [0.717, 1.165) is 31.3 Å². The third-order valence-electron chi connectivity index (χ3n) is 21.6. The molecule has 0 spiro atoms. The molecule has 0 aromatic rings. The normalized spacial score (nSPS) is 54.3. The molecule has 0 aromatic carbocycles. The van der Waals surface area contributed by atoms with Gasteiger partial charge in [-0.25, -0.2) is 0 Å². The lowest BCUT2D eigenvalue weighted by Crippen LogP contribution is -2.68. The maximum atomic E-state index is 12.1. The van der Waals surface area contributed by atoms with Crippen LogP contribution in [-0.4, -0.2) is 305 Å². The SMILES string of the molecule is COC1(CCC(C)COC2OC(CO)C(O)C(O)C2O)OC2CC3C4CC=C5CC(OC6OC(CO)C(OC7OC(CO)C(O)C(OC8OCC(O)C(O)C8O)C7OC7OC(CO)C(O)C(O)C7O)C(O)C6O)C(O)CC5(C)C4CCC3(C)C2C1C. The highest BCUT2D eigenvalue weighted by Crippen LogP contribution is 2.70. The second-order valence-electron chi connectivity index (χ2n) is 26.5. The van der Waals surface area contributed by atoms with Crippen molar-refractivity contribution in [1.82, 2.24) is 0 Å². The largest absolute Gasteiger partial charge is 0.394 e. The molecule has 3 saturated carbocycles. The number of rotatable bonds is 19. The number of hydrogen-bond acceptors (Lipinski definition) is 29. The number of methoxy groups -OCH3 is 1. The Balaban J connectivity index is 0.788. The van der Waals surface area contributed by atoms with Crippen molar-refractivity contribution in [2.75, 3.05) is 46.8 Å². The van der Waals surface area contributed by atoms with Gasteiger partial charge in [-0.3, -0.25) is 0 Å². The molecule has 0 aromatic heterocycles. The first-order valence-corrected chi connectivity index (χ1v) is 30.5. The van der Waals surface area contributed by atoms with Gasteiger partial charge in [0, 0.05) is 19.4 Å². The van der Waals surface area contributed by atoms with Crippen LogP contribution < -0.4 is 0 Å². The van der Waals surface area contributed by atoms with Crippen LogP contribution in [-0.2, 0) is 56.8 Å². The Kier molecular flexibility index (Phi) is 21.1. The zero-order chi connectivity index (χ0) is 62.2. The summed E-state index contributed by atoms with van der Waals surface area (Å²) in [5.74, 6) is 0.156. The third-order valence-corrected chi connectivity index (χ3v) is 21.6. The van der Waals surface area contributed by atoms with Crippen molar-refractivity contribution in [3.05, 3.63) is 11.6 Å². The van der Waals surface area contributed by atoms with Gasteiger partial charge in [-0.1, -0.05) is 39.3 Å². The summed E-state index contributed by atoms with van der Waals surface area (Å²) < 4.78 is 72.3. The second-order valence-corrected chi connectivity index (χ2v) is 26.5. The standard InChI is InChI=1S/C57H94O29/c1-21(19-76-50-44(72)40(68)37(65)31(15-58)79-50)8-11-57(75-5)22(2)35-30(86-57)13-26-24-7-6-23-12-29(27(62)14-56(23,4)25(24)9-10-55(26,35)3)78-52-46(74)42(70)47(34(18-61)82-52)83-54-49(85-53-45(73)41(69)38(66)32(16-59)80-53)48(39(67)33(17-60)81-54)84-51-43(71)36(64)28(63)20-77-51/h6,21-22,24-54,58-74H,7-20H2,1-5H3. The van der Waals surface area contributed by atoms with Gasteiger partial charge < -0.3 is 144 Å². The summed E-state index contributed by atoms with van der Waals surface area (Å²) in [6.45, 7) is 5.18. The van der Waals surface area contributed by atoms with Crippen molar-refractivity contribution >= 4 is 0 Å². The van der Waals surface area contributed by atoms with Crippen LogP contribution in [0.3, 0.4) is 0 Å². The summed E-state index contributed by atoms with van der Waals surface area (Å²) >= 11 is 0. The second kappa shape index (κ2) is 26.9. The lowest BCUT2D eigenvalue weighted by molar-refractivity contribution is -0.404. The monoisotopic (exact) mass is 1240 g/mol. The molecule has 17 N–H and O–H groups in total. The Morgan fingerprint density at radius 3 is 1.80 bits per heavy atom. The van der Waals surface area contributed by atoms with Crippen molar-refractivity contribution in [3.8, 4) is 0 Å². The Hall–Kier alpha value is -1.42. The Morgan fingerprint density at radius 2 is 1.15 bits per heavy atom. The number of aliphatic hydroxyl groups is 17. The van der Waals surface area contributed by atoms with E-state index in [2.05, 4.69) is 26.8 Å². The number of hydrogen-bond donors (Lipinski definition) is 17. The maximum Gasteiger partial charge on any atom is 0.187 e. The first-order chi connectivity index (χ1) is 40.8. The molecule has 36 unspecified atom stereocenters. The first-order valence-electron chi connectivity index (χ1n) is 30.5. The van der Waals surface area contributed by atoms with E-state index in [4.69, 9.17) is 56.8 Å². The number of allylic oxidation sites excluding steroid dienone is 1. The quantitative estimate of drug-likeness (QED) is 0.0536. The Bertz CT molecular complexity index is 2250. The maximum absolute atomic E-state index is 12.1. The molecule has 10 rings (SSSR count). The average molecular weight is 1240 g/mol. The van der Waals surface area contributed by atoms with Gasteiger partial charge in [-0.2, -0.15) is 0 Å². The van der Waals surface area contributed by atoms with Gasteiger partial charge in [-0.05, 0) is 85.4 Å². The smallest absolute Gasteiger partial charge is 0.187 e. The fourth-order valence-electron chi connectivity index (χ4n) is 16.6. The third kappa shape index (κ3) is 12.2. The van der Waals surface area contributed by atoms with E-state index in [1.54, 1.807) is 7.11 Å². The van der Waals surface area contributed by atoms with E-state index in [1.165, 1.54) is 0 Å². The Labute approximate surface area is 497 Å². The fraction of sp³-hybridized carbons (Fsp3) is 0.965. The number of aliphatic hydroxyl groups excluding tert-OH is 17. The zero-order valence-corrected chi connectivity index (χ0v) is 49.0. The van der Waals surface area contributed by atoms with Crippen molar-refractivity contribution < 1.29 is 144 Å². The highest BCUT2D eigenvalue weighted by Gasteiger charge is 2.69. The van der Waals surface area contributed by atoms with Gasteiger partial charge in [0.2, 0.25) is 0 Å². The van der Waals surface area contributed by atoms with E-state index in [1.807, 2.05) is 6.92 Å². The molecule has 86 heavy (non-hydrogen) atoms. The van der Waals surface area contributed by atoms with E-state index < -0.39 is 204 Å². The predicted octanol–water partition coefficient (Wildman–Crippen LogP) is -5.95. The van der Waals surface area contributed by atoms with Crippen molar-refractivity contribution in [3.63, 3.8) is 0 Å². The van der Waals surface area contributed by atoms with E-state index in [9.17, 15) is 86.8 Å². The van der Waals surface area contributed by atoms with Gasteiger partial charge in [0.05, 0.1) is 58.0 Å². The molecule has 29 heteroatoms. The van der Waals surface area contributed by atoms with E-state index >= 15 is 0 Å². The van der Waals surface area contributed by atoms with Crippen molar-refractivity contribution in [1.29, 1.82) is 0 Å². The summed E-state index contributed by atoms with van der Waals surface area (Å²) in [5, 5.41) is 182. The number of fused-ring (bicyclic) bond motifs is 7. The fourth-order valence-corrected chi connectivity index (χ4v) is 16.6. The molecule has 496 valence electrons. The van der Waals surface area contributed by atoms with Crippen LogP contribution in [0.2, 0.25) is 0 Å². The van der Waals surface area contributed by atoms with Crippen LogP contribution in [0.25, 0.3) is 0 Å². The molecular formula is C57H94O29. The van der Waals surface area contributed by atoms with Gasteiger partial charge >= 0.3 is 0 Å². The molecule has 0 bridgehead atoms. The van der Waals surface area contributed by atoms with Crippen LogP contribution in [0, 0.1) is 46.3 Å². The molecule has 29 nitrogen and oxygen atoms in total. The zero-order valence-electron chi connectivity index (χ0n) is 49.0. The topological polar surface area (TPSA) is 455 Å². The molecule has 36 atom stereocenters. The van der Waals surface area contributed by atoms with Crippen LogP contribution in [0.1, 0.15) is 79.1 Å². The molecule has 6 aliphatic heterocycles. The van der Waals surface area contributed by atoms with Crippen LogP contribution in [0.5, 0.6) is 0 Å². The van der Waals surface area contributed by atoms with Crippen LogP contribution in [0.4, 0.5) is 0 Å². The summed E-state index contributed by atoms with van der Waals surface area (Å²) in [4.78, 5) is 0. The summed E-state index contributed by atoms with van der Waals surface area (Å²) in [5.41, 5.74) is 0.586. The first kappa shape index (κ1) is 67.5. The van der Waals surface area contributed by atoms with E-state index in [0.29, 0.717) is 25.2 Å². The average Bonchev–Trinajstić information content (AvgIpc) is 1.60. The van der Waals surface area contributed by atoms with Crippen molar-refractivity contribution in [2.45, 2.75) is 251 Å². The highest BCUT2D eigenvalue weighted by atomic mass is 16.8. The molecule has 6 saturated heterocycles. The molecule has 9 fully saturated rings. The van der Waals surface area contributed by atoms with E-state index in [-0.39, 0.29) is 54.1 Å². The molecule has 4 aliphatic carbocycles. The minimum atomic E-state index is -2.05. The van der Waals surface area contributed by atoms with Gasteiger partial charge in [0.1, 0.15) is 116 Å². The lowest BCUT2D eigenvalue weighted by Gasteiger charge is -2.59. The lowest BCUT2D eigenvalue weighted by atomic mass is 9.46. The van der Waals surface area contributed by atoms with Crippen LogP contribution >= 0.6 is 0 Å². The summed E-state index contributed by atoms with van der Waals surface area (Å²) in [6.07, 6.45) is -35.9. The van der Waals surface area contributed by atoms with Crippen molar-refractivity contribution in [2.24, 2.45) is 46.3 Å². The molecule has 0 amide bonds. The predicted molar refractivity (Wildman–Crippen MR) is 284 cm³/mol. The summed E-state index contributed by atoms with van der Waals surface area (Å²) in [7, 11) is 1.68. The molecule has 10 aliphatic rings. The minimum Gasteiger partial charge on any atom is -0.394 e. The number of ether oxygens (including phenoxy) is 12. The minimum absolute atomic E-state index is 0.0350.